The number of aliphatic hydroxyl groups excluding tert-OH is 1. The fraction of sp³-hybridized carbons (Fsp3) is 0.478. The fourth-order valence-electron chi connectivity index (χ4n) is 3.96. The van der Waals surface area contributed by atoms with Gasteiger partial charge >= 0.3 is 0 Å². The van der Waals surface area contributed by atoms with Gasteiger partial charge in [-0.25, -0.2) is 4.39 Å². The average Bonchev–Trinajstić information content (AvgIpc) is 2.69. The van der Waals surface area contributed by atoms with Crippen LogP contribution in [0, 0.1) is 12.7 Å². The molecule has 0 radical (unpaired) electrons. The maximum absolute atomic E-state index is 13.3. The van der Waals surface area contributed by atoms with E-state index in [0.29, 0.717) is 6.54 Å². The topological polar surface area (TPSA) is 41.5 Å². The first-order valence-electron chi connectivity index (χ1n) is 9.92. The molecule has 1 aliphatic carbocycles. The van der Waals surface area contributed by atoms with Gasteiger partial charge in [0, 0.05) is 18.5 Å². The van der Waals surface area contributed by atoms with Crippen molar-refractivity contribution >= 4 is 12.4 Å². The molecule has 1 atom stereocenters. The van der Waals surface area contributed by atoms with Gasteiger partial charge in [-0.1, -0.05) is 49.1 Å². The predicted octanol–water partition coefficient (Wildman–Crippen LogP) is 4.79. The standard InChI is InChI=1S/C23H30FNO2.ClH/c1-18-5-11-22(12-6-18)27-16-21(26)15-25-17-23(13-3-2-4-14-23)19-7-9-20(24)10-8-19;/h5-12,21,25-26H,2-4,13-17H2,1H3;1H. The molecule has 2 N–H and O–H groups in total. The van der Waals surface area contributed by atoms with Crippen LogP contribution in [-0.2, 0) is 5.41 Å². The zero-order valence-corrected chi connectivity index (χ0v) is 17.3. The van der Waals surface area contributed by atoms with E-state index < -0.39 is 6.10 Å². The summed E-state index contributed by atoms with van der Waals surface area (Å²) in [6.07, 6.45) is 5.27. The summed E-state index contributed by atoms with van der Waals surface area (Å²) in [5, 5.41) is 13.7. The van der Waals surface area contributed by atoms with Crippen molar-refractivity contribution in [2.24, 2.45) is 0 Å². The summed E-state index contributed by atoms with van der Waals surface area (Å²) in [5.74, 6) is 0.580. The average molecular weight is 408 g/mol. The second-order valence-electron chi connectivity index (χ2n) is 7.76. The van der Waals surface area contributed by atoms with Crippen molar-refractivity contribution < 1.29 is 14.2 Å². The normalized spacial score (nSPS) is 16.8. The first-order valence-corrected chi connectivity index (χ1v) is 9.92. The third kappa shape index (κ3) is 6.20. The number of aryl methyl sites for hydroxylation is 1. The summed E-state index contributed by atoms with van der Waals surface area (Å²) in [6.45, 7) is 3.57. The van der Waals surface area contributed by atoms with E-state index in [0.717, 1.165) is 25.1 Å². The van der Waals surface area contributed by atoms with Crippen LogP contribution in [0.5, 0.6) is 5.75 Å². The Labute approximate surface area is 173 Å². The van der Waals surface area contributed by atoms with E-state index in [9.17, 15) is 9.50 Å². The Kier molecular flexibility index (Phi) is 8.74. The van der Waals surface area contributed by atoms with Crippen LogP contribution in [-0.4, -0.2) is 30.9 Å². The fourth-order valence-corrected chi connectivity index (χ4v) is 3.96. The zero-order chi connectivity index (χ0) is 19.1. The van der Waals surface area contributed by atoms with Gasteiger partial charge in [-0.2, -0.15) is 0 Å². The number of halogens is 2. The summed E-state index contributed by atoms with van der Waals surface area (Å²) < 4.78 is 19.0. The Morgan fingerprint density at radius 1 is 1.04 bits per heavy atom. The van der Waals surface area contributed by atoms with Gasteiger partial charge in [-0.05, 0) is 49.6 Å². The monoisotopic (exact) mass is 407 g/mol. The van der Waals surface area contributed by atoms with Gasteiger partial charge in [0.25, 0.3) is 0 Å². The van der Waals surface area contributed by atoms with Crippen LogP contribution in [0.2, 0.25) is 0 Å². The molecule has 0 bridgehead atoms. The van der Waals surface area contributed by atoms with Crippen LogP contribution < -0.4 is 10.1 Å². The first kappa shape index (κ1) is 22.7. The van der Waals surface area contributed by atoms with Gasteiger partial charge in [0.1, 0.15) is 24.3 Å². The SMILES string of the molecule is Cc1ccc(OCC(O)CNCC2(c3ccc(F)cc3)CCCCC2)cc1.Cl. The van der Waals surface area contributed by atoms with E-state index in [1.807, 2.05) is 43.3 Å². The lowest BCUT2D eigenvalue weighted by Gasteiger charge is -2.38. The number of rotatable bonds is 8. The molecule has 1 unspecified atom stereocenters. The summed E-state index contributed by atoms with van der Waals surface area (Å²) in [5.41, 5.74) is 2.41. The van der Waals surface area contributed by atoms with Crippen LogP contribution in [0.4, 0.5) is 4.39 Å². The quantitative estimate of drug-likeness (QED) is 0.661. The van der Waals surface area contributed by atoms with Crippen molar-refractivity contribution in [1.29, 1.82) is 0 Å². The number of aliphatic hydroxyl groups is 1. The molecule has 0 spiro atoms. The van der Waals surface area contributed by atoms with Gasteiger partial charge < -0.3 is 15.2 Å². The molecular weight excluding hydrogens is 377 g/mol. The number of nitrogens with one attached hydrogen (secondary N) is 1. The lowest BCUT2D eigenvalue weighted by Crippen LogP contribution is -2.43. The highest BCUT2D eigenvalue weighted by molar-refractivity contribution is 5.85. The zero-order valence-electron chi connectivity index (χ0n) is 16.5. The van der Waals surface area contributed by atoms with E-state index in [2.05, 4.69) is 5.32 Å². The second kappa shape index (κ2) is 10.8. The molecule has 0 saturated heterocycles. The molecule has 3 nitrogen and oxygen atoms in total. The Bertz CT molecular complexity index is 700. The summed E-state index contributed by atoms with van der Waals surface area (Å²) in [4.78, 5) is 0. The Balaban J connectivity index is 0.00000280. The van der Waals surface area contributed by atoms with Gasteiger partial charge in [-0.15, -0.1) is 12.4 Å². The van der Waals surface area contributed by atoms with Crippen LogP contribution in [0.25, 0.3) is 0 Å². The van der Waals surface area contributed by atoms with E-state index >= 15 is 0 Å². The minimum absolute atomic E-state index is 0. The molecule has 5 heteroatoms. The van der Waals surface area contributed by atoms with Crippen molar-refractivity contribution in [2.45, 2.75) is 50.5 Å². The Hall–Kier alpha value is -1.62. The Morgan fingerprint density at radius 2 is 1.68 bits per heavy atom. The van der Waals surface area contributed by atoms with Gasteiger partial charge in [-0.3, -0.25) is 0 Å². The summed E-state index contributed by atoms with van der Waals surface area (Å²) in [6, 6.07) is 14.8. The van der Waals surface area contributed by atoms with E-state index in [4.69, 9.17) is 4.74 Å². The lowest BCUT2D eigenvalue weighted by molar-refractivity contribution is 0.103. The van der Waals surface area contributed by atoms with Gasteiger partial charge in [0.05, 0.1) is 0 Å². The summed E-state index contributed by atoms with van der Waals surface area (Å²) in [7, 11) is 0. The molecule has 0 aliphatic heterocycles. The highest BCUT2D eigenvalue weighted by Gasteiger charge is 2.33. The third-order valence-corrected chi connectivity index (χ3v) is 5.57. The number of ether oxygens (including phenoxy) is 1. The van der Waals surface area contributed by atoms with Crippen molar-refractivity contribution in [1.82, 2.24) is 5.32 Å². The molecule has 0 amide bonds. The van der Waals surface area contributed by atoms with Crippen LogP contribution in [0.3, 0.4) is 0 Å². The molecule has 0 aromatic heterocycles. The number of hydrogen-bond donors (Lipinski definition) is 2. The van der Waals surface area contributed by atoms with Crippen LogP contribution in [0.1, 0.15) is 43.2 Å². The maximum atomic E-state index is 13.3. The molecule has 154 valence electrons. The smallest absolute Gasteiger partial charge is 0.123 e. The number of benzene rings is 2. The molecule has 0 heterocycles. The maximum Gasteiger partial charge on any atom is 0.123 e. The van der Waals surface area contributed by atoms with E-state index in [-0.39, 0.29) is 30.2 Å². The minimum atomic E-state index is -0.569. The van der Waals surface area contributed by atoms with Crippen molar-refractivity contribution in [3.8, 4) is 5.75 Å². The highest BCUT2D eigenvalue weighted by atomic mass is 35.5. The Morgan fingerprint density at radius 3 is 2.32 bits per heavy atom. The third-order valence-electron chi connectivity index (χ3n) is 5.57. The second-order valence-corrected chi connectivity index (χ2v) is 7.76. The van der Waals surface area contributed by atoms with E-state index in [1.165, 1.54) is 30.4 Å². The molecule has 28 heavy (non-hydrogen) atoms. The van der Waals surface area contributed by atoms with Crippen LogP contribution in [0.15, 0.2) is 48.5 Å². The van der Waals surface area contributed by atoms with E-state index in [1.54, 1.807) is 12.1 Å². The van der Waals surface area contributed by atoms with Gasteiger partial charge in [0.2, 0.25) is 0 Å². The lowest BCUT2D eigenvalue weighted by atomic mass is 9.69. The minimum Gasteiger partial charge on any atom is -0.491 e. The highest BCUT2D eigenvalue weighted by Crippen LogP contribution is 2.39. The molecular formula is C23H31ClFNO2. The molecule has 2 aromatic rings. The largest absolute Gasteiger partial charge is 0.491 e. The molecule has 1 saturated carbocycles. The predicted molar refractivity (Wildman–Crippen MR) is 114 cm³/mol. The van der Waals surface area contributed by atoms with Crippen molar-refractivity contribution in [2.75, 3.05) is 19.7 Å². The first-order chi connectivity index (χ1) is 13.1. The molecule has 2 aromatic carbocycles. The van der Waals surface area contributed by atoms with Crippen molar-refractivity contribution in [3.05, 3.63) is 65.5 Å². The van der Waals surface area contributed by atoms with Crippen molar-refractivity contribution in [3.63, 3.8) is 0 Å². The molecule has 1 fully saturated rings. The summed E-state index contributed by atoms with van der Waals surface area (Å²) >= 11 is 0. The van der Waals surface area contributed by atoms with Crippen LogP contribution >= 0.6 is 12.4 Å². The molecule has 1 aliphatic rings. The number of hydrogen-bond acceptors (Lipinski definition) is 3. The van der Waals surface area contributed by atoms with Gasteiger partial charge in [0.15, 0.2) is 0 Å². The molecule has 3 rings (SSSR count).